The van der Waals surface area contributed by atoms with E-state index in [2.05, 4.69) is 20.3 Å². The van der Waals surface area contributed by atoms with Crippen molar-refractivity contribution in [3.8, 4) is 0 Å². The highest BCUT2D eigenvalue weighted by Crippen LogP contribution is 2.35. The molecular weight excluding hydrogens is 475 g/mol. The molecule has 0 bridgehead atoms. The number of halogens is 2. The molecule has 1 unspecified atom stereocenters. The molecule has 0 saturated carbocycles. The van der Waals surface area contributed by atoms with Gasteiger partial charge in [-0.15, -0.1) is 0 Å². The fourth-order valence-electron chi connectivity index (χ4n) is 3.53. The first-order valence-corrected chi connectivity index (χ1v) is 11.6. The molecule has 0 aliphatic carbocycles. The van der Waals surface area contributed by atoms with Crippen molar-refractivity contribution in [1.29, 1.82) is 0 Å². The summed E-state index contributed by atoms with van der Waals surface area (Å²) in [5.74, 6) is -3.10. The van der Waals surface area contributed by atoms with Crippen molar-refractivity contribution in [3.05, 3.63) is 59.2 Å². The number of benzene rings is 2. The number of rotatable bonds is 7. The van der Waals surface area contributed by atoms with E-state index in [9.17, 15) is 22.9 Å². The Morgan fingerprint density at radius 2 is 1.94 bits per heavy atom. The summed E-state index contributed by atoms with van der Waals surface area (Å²) in [6, 6.07) is 4.47. The number of fused-ring (bicyclic) bond motifs is 2. The number of H-pyrrole nitrogens is 1. The van der Waals surface area contributed by atoms with Crippen LogP contribution >= 0.6 is 7.60 Å². The lowest BCUT2D eigenvalue weighted by molar-refractivity contribution is -0.138. The molecule has 11 nitrogen and oxygen atoms in total. The smallest absolute Gasteiger partial charge is 0.328 e. The van der Waals surface area contributed by atoms with Crippen LogP contribution in [0, 0.1) is 11.6 Å². The lowest BCUT2D eigenvalue weighted by Gasteiger charge is -2.15. The zero-order valence-corrected chi connectivity index (χ0v) is 18.4. The first-order chi connectivity index (χ1) is 15.9. The number of imidazole rings is 2. The van der Waals surface area contributed by atoms with Crippen molar-refractivity contribution in [2.24, 2.45) is 7.05 Å². The third-order valence-electron chi connectivity index (χ3n) is 5.14. The number of nitrogens with one attached hydrogen (secondary N) is 2. The summed E-state index contributed by atoms with van der Waals surface area (Å²) in [6.45, 7) is 0. The first-order valence-electron chi connectivity index (χ1n) is 9.78. The van der Waals surface area contributed by atoms with Crippen LogP contribution in [0.15, 0.2) is 30.3 Å². The number of aryl methyl sites for hydroxylation is 1. The third kappa shape index (κ3) is 4.81. The van der Waals surface area contributed by atoms with E-state index in [-0.39, 0.29) is 23.0 Å². The van der Waals surface area contributed by atoms with Crippen LogP contribution in [0.1, 0.15) is 22.0 Å². The minimum atomic E-state index is -4.68. The van der Waals surface area contributed by atoms with Crippen LogP contribution in [0.3, 0.4) is 0 Å². The van der Waals surface area contributed by atoms with Gasteiger partial charge in [0.2, 0.25) is 0 Å². The maximum Gasteiger partial charge on any atom is 0.328 e. The highest BCUT2D eigenvalue weighted by Gasteiger charge is 2.29. The summed E-state index contributed by atoms with van der Waals surface area (Å²) in [5.41, 5.74) is 1.27. The Kier molecular flexibility index (Phi) is 5.94. The summed E-state index contributed by atoms with van der Waals surface area (Å²) >= 11 is 0. The lowest BCUT2D eigenvalue weighted by Crippen LogP contribution is -2.43. The number of carboxylic acids is 1. The molecular formula is C20H18F2N5O6P. The minimum absolute atomic E-state index is 0.00240. The molecule has 2 aromatic heterocycles. The molecule has 4 rings (SSSR count). The van der Waals surface area contributed by atoms with Crippen molar-refractivity contribution in [2.45, 2.75) is 12.5 Å². The van der Waals surface area contributed by atoms with E-state index in [0.29, 0.717) is 22.7 Å². The molecule has 34 heavy (non-hydrogen) atoms. The Morgan fingerprint density at radius 3 is 2.62 bits per heavy atom. The number of hydrogen-bond donors (Lipinski definition) is 5. The van der Waals surface area contributed by atoms with Gasteiger partial charge in [0.1, 0.15) is 29.0 Å². The maximum atomic E-state index is 13.9. The Morgan fingerprint density at radius 1 is 1.21 bits per heavy atom. The molecule has 0 radical (unpaired) electrons. The largest absolute Gasteiger partial charge is 0.480 e. The number of aromatic nitrogens is 4. The van der Waals surface area contributed by atoms with Crippen molar-refractivity contribution < 1.29 is 37.8 Å². The van der Waals surface area contributed by atoms with E-state index in [1.165, 1.54) is 18.2 Å². The fraction of sp³-hybridized carbons (Fsp3) is 0.200. The van der Waals surface area contributed by atoms with Crippen LogP contribution in [0.2, 0.25) is 0 Å². The monoisotopic (exact) mass is 493 g/mol. The molecule has 1 atom stereocenters. The maximum absolute atomic E-state index is 13.9. The zero-order chi connectivity index (χ0) is 24.8. The van der Waals surface area contributed by atoms with Crippen LogP contribution in [0.5, 0.6) is 0 Å². The fourth-order valence-corrected chi connectivity index (χ4v) is 4.25. The summed E-state index contributed by atoms with van der Waals surface area (Å²) in [6.07, 6.45) is -0.903. The molecule has 0 saturated heterocycles. The normalized spacial score (nSPS) is 12.9. The van der Waals surface area contributed by atoms with Crippen molar-refractivity contribution in [1.82, 2.24) is 24.8 Å². The van der Waals surface area contributed by atoms with Gasteiger partial charge < -0.3 is 29.8 Å². The number of hydrogen-bond acceptors (Lipinski definition) is 5. The number of amides is 1. The number of aromatic amines is 1. The number of carboxylic acid groups (broad SMARTS) is 1. The van der Waals surface area contributed by atoms with Gasteiger partial charge in [0, 0.05) is 18.7 Å². The molecule has 5 N–H and O–H groups in total. The van der Waals surface area contributed by atoms with Gasteiger partial charge in [0.15, 0.2) is 5.82 Å². The molecule has 1 amide bonds. The number of aliphatic carboxylic acids is 1. The molecule has 0 spiro atoms. The Bertz CT molecular complexity index is 1490. The van der Waals surface area contributed by atoms with Gasteiger partial charge in [0.05, 0.1) is 29.1 Å². The molecule has 14 heteroatoms. The van der Waals surface area contributed by atoms with Crippen LogP contribution in [-0.2, 0) is 22.8 Å². The quantitative estimate of drug-likeness (QED) is 0.242. The molecule has 2 heterocycles. The van der Waals surface area contributed by atoms with Gasteiger partial charge in [-0.2, -0.15) is 0 Å². The van der Waals surface area contributed by atoms with Crippen LogP contribution in [0.4, 0.5) is 8.78 Å². The second-order valence-corrected chi connectivity index (χ2v) is 9.34. The van der Waals surface area contributed by atoms with E-state index in [0.717, 1.165) is 12.1 Å². The zero-order valence-electron chi connectivity index (χ0n) is 17.5. The van der Waals surface area contributed by atoms with Gasteiger partial charge in [-0.25, -0.2) is 23.5 Å². The number of carbonyl (C=O) groups excluding carboxylic acids is 1. The van der Waals surface area contributed by atoms with E-state index in [1.807, 2.05) is 0 Å². The van der Waals surface area contributed by atoms with Gasteiger partial charge in [-0.05, 0) is 24.3 Å². The van der Waals surface area contributed by atoms with Gasteiger partial charge >= 0.3 is 13.6 Å². The van der Waals surface area contributed by atoms with E-state index < -0.39 is 43.3 Å². The first kappa shape index (κ1) is 23.5. The third-order valence-corrected chi connectivity index (χ3v) is 5.98. The SMILES string of the molecule is Cn1c(Cc2nc3c(F)cc(F)cc3[nH]2)nc2ccc(C(=O)NC(CP(=O)(O)O)C(=O)O)cc21. The highest BCUT2D eigenvalue weighted by atomic mass is 31.2. The molecule has 2 aromatic carbocycles. The van der Waals surface area contributed by atoms with E-state index in [1.54, 1.807) is 11.6 Å². The molecule has 4 aromatic rings. The number of carbonyl (C=O) groups is 2. The lowest BCUT2D eigenvalue weighted by atomic mass is 10.1. The Balaban J connectivity index is 1.60. The molecule has 0 aliphatic heterocycles. The van der Waals surface area contributed by atoms with Crippen molar-refractivity contribution in [3.63, 3.8) is 0 Å². The van der Waals surface area contributed by atoms with Crippen molar-refractivity contribution in [2.75, 3.05) is 6.16 Å². The Labute approximate surface area is 189 Å². The number of nitrogens with zero attached hydrogens (tertiary/aromatic N) is 3. The van der Waals surface area contributed by atoms with Gasteiger partial charge in [-0.1, -0.05) is 0 Å². The van der Waals surface area contributed by atoms with E-state index >= 15 is 0 Å². The second-order valence-electron chi connectivity index (χ2n) is 7.65. The predicted molar refractivity (Wildman–Crippen MR) is 115 cm³/mol. The summed E-state index contributed by atoms with van der Waals surface area (Å²) in [4.78, 5) is 53.3. The summed E-state index contributed by atoms with van der Waals surface area (Å²) < 4.78 is 40.2. The highest BCUT2D eigenvalue weighted by molar-refractivity contribution is 7.51. The summed E-state index contributed by atoms with van der Waals surface area (Å²) in [7, 11) is -3.01. The Hall–Kier alpha value is -3.67. The summed E-state index contributed by atoms with van der Waals surface area (Å²) in [5, 5.41) is 11.3. The second kappa shape index (κ2) is 8.60. The van der Waals surface area contributed by atoms with Crippen LogP contribution in [0.25, 0.3) is 22.1 Å². The van der Waals surface area contributed by atoms with Crippen molar-refractivity contribution >= 4 is 41.5 Å². The van der Waals surface area contributed by atoms with Gasteiger partial charge in [-0.3, -0.25) is 9.36 Å². The van der Waals surface area contributed by atoms with Gasteiger partial charge in [0.25, 0.3) is 5.91 Å². The van der Waals surface area contributed by atoms with E-state index in [4.69, 9.17) is 14.9 Å². The standard InChI is InChI=1S/C20H18F2N5O6P/c1-27-15-4-9(19(28)25-14(20(29)30)8-34(31,32)33)2-3-12(15)24-17(27)7-16-23-13-6-10(21)5-11(22)18(13)26-16/h2-6,14H,7-8H2,1H3,(H,23,26)(H,25,28)(H,29,30)(H2,31,32,33). The minimum Gasteiger partial charge on any atom is -0.480 e. The van der Waals surface area contributed by atoms with Crippen LogP contribution < -0.4 is 5.32 Å². The topological polar surface area (TPSA) is 170 Å². The molecule has 0 fully saturated rings. The van der Waals surface area contributed by atoms with Crippen LogP contribution in [-0.4, -0.2) is 58.5 Å². The average Bonchev–Trinajstić information content (AvgIpc) is 3.27. The predicted octanol–water partition coefficient (Wildman–Crippen LogP) is 1.68. The molecule has 178 valence electrons. The average molecular weight is 493 g/mol. The molecule has 0 aliphatic rings.